The summed E-state index contributed by atoms with van der Waals surface area (Å²) < 4.78 is 5.26. The van der Waals surface area contributed by atoms with Crippen molar-refractivity contribution in [2.24, 2.45) is 15.2 Å². The first-order valence-corrected chi connectivity index (χ1v) is 10.5. The van der Waals surface area contributed by atoms with Crippen molar-refractivity contribution in [3.63, 3.8) is 0 Å². The van der Waals surface area contributed by atoms with Gasteiger partial charge in [0.25, 0.3) is 0 Å². The molecule has 1 fully saturated rings. The number of anilines is 2. The van der Waals surface area contributed by atoms with Gasteiger partial charge in [-0.15, -0.1) is 5.11 Å². The highest BCUT2D eigenvalue weighted by atomic mass is 16.3. The molecule has 0 spiro atoms. The van der Waals surface area contributed by atoms with Gasteiger partial charge in [-0.2, -0.15) is 15.1 Å². The highest BCUT2D eigenvalue weighted by Crippen LogP contribution is 2.30. The molecule has 0 atom stereocenters. The number of ketones is 1. The number of fused-ring (bicyclic) bond motifs is 1. The molecule has 0 bridgehead atoms. The predicted molar refractivity (Wildman–Crippen MR) is 116 cm³/mol. The van der Waals surface area contributed by atoms with E-state index < -0.39 is 0 Å². The fourth-order valence-corrected chi connectivity index (χ4v) is 3.53. The zero-order chi connectivity index (χ0) is 21.5. The summed E-state index contributed by atoms with van der Waals surface area (Å²) in [6.07, 6.45) is 4.51. The van der Waals surface area contributed by atoms with Crippen molar-refractivity contribution in [1.29, 1.82) is 0 Å². The second-order valence-corrected chi connectivity index (χ2v) is 7.41. The molecule has 0 radical (unpaired) electrons. The minimum Gasteiger partial charge on any atom is -0.467 e. The van der Waals surface area contributed by atoms with Gasteiger partial charge in [0.2, 0.25) is 5.95 Å². The van der Waals surface area contributed by atoms with Crippen LogP contribution in [0.5, 0.6) is 0 Å². The van der Waals surface area contributed by atoms with Gasteiger partial charge in [-0.3, -0.25) is 14.8 Å². The molecular weight excluding hydrogens is 398 g/mol. The molecule has 164 valence electrons. The van der Waals surface area contributed by atoms with Crippen LogP contribution in [0.2, 0.25) is 0 Å². The maximum Gasteiger partial charge on any atom is 0.224 e. The third kappa shape index (κ3) is 5.70. The van der Waals surface area contributed by atoms with Gasteiger partial charge >= 0.3 is 0 Å². The summed E-state index contributed by atoms with van der Waals surface area (Å²) in [5, 5.41) is 13.7. The van der Waals surface area contributed by atoms with Gasteiger partial charge in [-0.1, -0.05) is 0 Å². The smallest absolute Gasteiger partial charge is 0.224 e. The van der Waals surface area contributed by atoms with Crippen LogP contribution in [0.4, 0.5) is 17.6 Å². The van der Waals surface area contributed by atoms with Crippen molar-refractivity contribution in [1.82, 2.24) is 20.7 Å². The van der Waals surface area contributed by atoms with E-state index in [1.54, 1.807) is 6.26 Å². The Balaban J connectivity index is 1.25. The molecule has 2 aromatic rings. The van der Waals surface area contributed by atoms with Gasteiger partial charge in [0.15, 0.2) is 11.6 Å². The summed E-state index contributed by atoms with van der Waals surface area (Å²) >= 11 is 0. The number of hydrogen-bond donors (Lipinski definition) is 3. The molecule has 0 saturated heterocycles. The van der Waals surface area contributed by atoms with Gasteiger partial charge in [-0.25, -0.2) is 5.43 Å². The molecule has 1 aliphatic heterocycles. The van der Waals surface area contributed by atoms with E-state index in [-0.39, 0.29) is 5.95 Å². The lowest BCUT2D eigenvalue weighted by Gasteiger charge is -2.18. The molecule has 2 aliphatic rings. The number of nitrogens with one attached hydrogen (secondary N) is 2. The molecular formula is C20H27N9O2. The Hall–Kier alpha value is -3.18. The lowest BCUT2D eigenvalue weighted by molar-refractivity contribution is -0.119. The average molecular weight is 425 g/mol. The normalized spacial score (nSPS) is 16.3. The van der Waals surface area contributed by atoms with Crippen molar-refractivity contribution < 1.29 is 9.21 Å². The van der Waals surface area contributed by atoms with Crippen LogP contribution in [0.3, 0.4) is 0 Å². The SMILES string of the molecule is Nc1nc(N=NCc2ccco2)c2c(n1)N(CCNCCN=C1CCC(=O)CC1)NC2. The fraction of sp³-hybridized carbons (Fsp3) is 0.500. The number of aromatic nitrogens is 2. The summed E-state index contributed by atoms with van der Waals surface area (Å²) in [4.78, 5) is 24.5. The van der Waals surface area contributed by atoms with Crippen molar-refractivity contribution in [3.05, 3.63) is 29.7 Å². The number of aliphatic imine (C=N–C) groups is 1. The van der Waals surface area contributed by atoms with Crippen LogP contribution in [-0.4, -0.2) is 47.6 Å². The standard InChI is InChI=1S/C20H27N9O2/c21-20-26-18(28-24-12-16-2-1-11-31-16)17-13-25-29(19(17)27-20)10-9-22-7-8-23-14-3-5-15(30)6-4-14/h1-2,11,22,25H,3-10,12-13H2,(H2,21,26,27). The number of hydrogen-bond acceptors (Lipinski definition) is 11. The quantitative estimate of drug-likeness (QED) is 0.408. The lowest BCUT2D eigenvalue weighted by Crippen LogP contribution is -2.38. The van der Waals surface area contributed by atoms with E-state index in [9.17, 15) is 4.79 Å². The molecule has 11 nitrogen and oxygen atoms in total. The van der Waals surface area contributed by atoms with Gasteiger partial charge in [0, 0.05) is 44.7 Å². The zero-order valence-corrected chi connectivity index (χ0v) is 17.4. The summed E-state index contributed by atoms with van der Waals surface area (Å²) in [5.74, 6) is 2.44. The number of Topliss-reactive ketones (excluding diaryl/α,β-unsaturated/α-hetero) is 1. The monoisotopic (exact) mass is 425 g/mol. The topological polar surface area (TPSA) is 146 Å². The number of hydrazine groups is 1. The highest BCUT2D eigenvalue weighted by molar-refractivity contribution is 5.95. The second-order valence-electron chi connectivity index (χ2n) is 7.41. The van der Waals surface area contributed by atoms with Crippen LogP contribution in [0.15, 0.2) is 38.0 Å². The largest absolute Gasteiger partial charge is 0.467 e. The first-order chi connectivity index (χ1) is 15.2. The first-order valence-electron chi connectivity index (χ1n) is 10.5. The molecule has 1 aliphatic carbocycles. The van der Waals surface area contributed by atoms with E-state index in [4.69, 9.17) is 10.2 Å². The van der Waals surface area contributed by atoms with E-state index in [0.29, 0.717) is 44.1 Å². The molecule has 0 amide bonds. The van der Waals surface area contributed by atoms with Gasteiger partial charge in [0.05, 0.1) is 18.4 Å². The molecule has 0 unspecified atom stereocenters. The number of rotatable bonds is 9. The van der Waals surface area contributed by atoms with E-state index in [1.807, 2.05) is 17.1 Å². The third-order valence-electron chi connectivity index (χ3n) is 5.18. The number of nitrogens with zero attached hydrogens (tertiary/aromatic N) is 6. The molecule has 2 aromatic heterocycles. The fourth-order valence-electron chi connectivity index (χ4n) is 3.53. The van der Waals surface area contributed by atoms with Crippen LogP contribution in [0, 0.1) is 0 Å². The second kappa shape index (κ2) is 10.2. The predicted octanol–water partition coefficient (Wildman–Crippen LogP) is 1.93. The minimum atomic E-state index is 0.161. The molecule has 11 heteroatoms. The number of nitrogen functional groups attached to an aromatic ring is 1. The minimum absolute atomic E-state index is 0.161. The number of carbonyl (C=O) groups excluding carboxylic acids is 1. The zero-order valence-electron chi connectivity index (χ0n) is 17.4. The lowest BCUT2D eigenvalue weighted by atomic mass is 9.97. The molecule has 4 N–H and O–H groups in total. The van der Waals surface area contributed by atoms with E-state index >= 15 is 0 Å². The Kier molecular flexibility index (Phi) is 6.95. The maximum absolute atomic E-state index is 11.3. The molecule has 0 aromatic carbocycles. The van der Waals surface area contributed by atoms with Crippen molar-refractivity contribution in [3.8, 4) is 0 Å². The molecule has 1 saturated carbocycles. The summed E-state index contributed by atoms with van der Waals surface area (Å²) in [6, 6.07) is 3.66. The van der Waals surface area contributed by atoms with Gasteiger partial charge in [-0.05, 0) is 25.0 Å². The Bertz CT molecular complexity index is 944. The Morgan fingerprint density at radius 1 is 1.23 bits per heavy atom. The van der Waals surface area contributed by atoms with Crippen LogP contribution in [0.25, 0.3) is 0 Å². The van der Waals surface area contributed by atoms with Crippen molar-refractivity contribution in [2.75, 3.05) is 36.9 Å². The summed E-state index contributed by atoms with van der Waals surface area (Å²) in [7, 11) is 0. The Morgan fingerprint density at radius 3 is 2.90 bits per heavy atom. The van der Waals surface area contributed by atoms with Gasteiger partial charge < -0.3 is 15.5 Å². The third-order valence-corrected chi connectivity index (χ3v) is 5.18. The summed E-state index contributed by atoms with van der Waals surface area (Å²) in [5.41, 5.74) is 11.2. The van der Waals surface area contributed by atoms with Crippen LogP contribution < -0.4 is 21.5 Å². The number of nitrogens with two attached hydrogens (primary N) is 1. The molecule has 3 heterocycles. The average Bonchev–Trinajstić information content (AvgIpc) is 3.42. The number of azo groups is 1. The van der Waals surface area contributed by atoms with Crippen LogP contribution in [-0.2, 0) is 17.9 Å². The van der Waals surface area contributed by atoms with E-state index in [1.165, 1.54) is 0 Å². The maximum atomic E-state index is 11.3. The Labute approximate surface area is 180 Å². The number of carbonyl (C=O) groups is 1. The van der Waals surface area contributed by atoms with Gasteiger partial charge in [0.1, 0.15) is 18.1 Å². The number of furan rings is 1. The molecule has 4 rings (SSSR count). The highest BCUT2D eigenvalue weighted by Gasteiger charge is 2.25. The van der Waals surface area contributed by atoms with Crippen LogP contribution in [0.1, 0.15) is 37.0 Å². The molecule has 31 heavy (non-hydrogen) atoms. The van der Waals surface area contributed by atoms with E-state index in [2.05, 4.69) is 35.9 Å². The van der Waals surface area contributed by atoms with Crippen LogP contribution >= 0.6 is 0 Å². The van der Waals surface area contributed by atoms with Crippen molar-refractivity contribution >= 4 is 29.1 Å². The van der Waals surface area contributed by atoms with Crippen molar-refractivity contribution in [2.45, 2.75) is 38.8 Å². The van der Waals surface area contributed by atoms with E-state index in [0.717, 1.165) is 55.3 Å². The first kappa shape index (κ1) is 21.1. The Morgan fingerprint density at radius 2 is 2.10 bits per heavy atom. The summed E-state index contributed by atoms with van der Waals surface area (Å²) in [6.45, 7) is 3.88.